The molecule has 0 radical (unpaired) electrons. The van der Waals surface area contributed by atoms with Gasteiger partial charge in [0.2, 0.25) is 0 Å². The number of likely N-dealkylation sites (N-methyl/N-ethyl adjacent to an activating group) is 1. The number of amides is 2. The average Bonchev–Trinajstić information content (AvgIpc) is 2.79. The fraction of sp³-hybridized carbons (Fsp3) is 0.333. The van der Waals surface area contributed by atoms with Crippen molar-refractivity contribution in [1.82, 2.24) is 14.7 Å². The van der Waals surface area contributed by atoms with Crippen molar-refractivity contribution < 1.29 is 14.3 Å². The summed E-state index contributed by atoms with van der Waals surface area (Å²) in [4.78, 5) is 13.3. The van der Waals surface area contributed by atoms with Gasteiger partial charge in [0.25, 0.3) is 0 Å². The van der Waals surface area contributed by atoms with Crippen LogP contribution in [0.25, 0.3) is 5.69 Å². The zero-order chi connectivity index (χ0) is 16.3. The van der Waals surface area contributed by atoms with Gasteiger partial charge in [-0.05, 0) is 38.1 Å². The van der Waals surface area contributed by atoms with Gasteiger partial charge in [0, 0.05) is 25.4 Å². The summed E-state index contributed by atoms with van der Waals surface area (Å²) < 4.78 is 14.6. The van der Waals surface area contributed by atoms with Crippen LogP contribution in [0.5, 0.6) is 0 Å². The number of hydrogen-bond donors (Lipinski definition) is 2. The number of aromatic nitrogens is 2. The van der Waals surface area contributed by atoms with Crippen molar-refractivity contribution in [2.75, 3.05) is 18.9 Å². The smallest absolute Gasteiger partial charge is 0.322 e. The van der Waals surface area contributed by atoms with Crippen molar-refractivity contribution in [3.63, 3.8) is 0 Å². The summed E-state index contributed by atoms with van der Waals surface area (Å²) in [6.45, 7) is 3.67. The Balaban J connectivity index is 2.13. The number of rotatable bonds is 4. The quantitative estimate of drug-likeness (QED) is 0.909. The SMILES string of the molecule is Cc1cc(NC(=O)N(C)CC(C)O)nn1-c1ccc(F)cc1. The van der Waals surface area contributed by atoms with Crippen LogP contribution < -0.4 is 5.32 Å². The highest BCUT2D eigenvalue weighted by Gasteiger charge is 2.14. The van der Waals surface area contributed by atoms with Crippen molar-refractivity contribution in [3.05, 3.63) is 41.8 Å². The first-order valence-corrected chi connectivity index (χ1v) is 6.89. The molecule has 1 unspecified atom stereocenters. The summed E-state index contributed by atoms with van der Waals surface area (Å²) in [7, 11) is 1.59. The molecule has 0 aliphatic carbocycles. The van der Waals surface area contributed by atoms with E-state index in [1.807, 2.05) is 6.92 Å². The Labute approximate surface area is 128 Å². The average molecular weight is 306 g/mol. The lowest BCUT2D eigenvalue weighted by Gasteiger charge is -2.18. The molecule has 0 bridgehead atoms. The third-order valence-corrected chi connectivity index (χ3v) is 3.08. The minimum absolute atomic E-state index is 0.226. The lowest BCUT2D eigenvalue weighted by atomic mass is 10.3. The molecule has 7 heteroatoms. The monoisotopic (exact) mass is 306 g/mol. The molecule has 6 nitrogen and oxygen atoms in total. The van der Waals surface area contributed by atoms with Crippen LogP contribution >= 0.6 is 0 Å². The second kappa shape index (κ2) is 6.57. The predicted octanol–water partition coefficient (Wildman–Crippen LogP) is 2.16. The third-order valence-electron chi connectivity index (χ3n) is 3.08. The number of anilines is 1. The maximum Gasteiger partial charge on any atom is 0.322 e. The van der Waals surface area contributed by atoms with Crippen molar-refractivity contribution in [1.29, 1.82) is 0 Å². The highest BCUT2D eigenvalue weighted by Crippen LogP contribution is 2.15. The summed E-state index contributed by atoms with van der Waals surface area (Å²) >= 11 is 0. The van der Waals surface area contributed by atoms with Crippen LogP contribution in [0.15, 0.2) is 30.3 Å². The molecule has 2 N–H and O–H groups in total. The Bertz CT molecular complexity index is 652. The highest BCUT2D eigenvalue weighted by atomic mass is 19.1. The molecule has 1 aromatic heterocycles. The highest BCUT2D eigenvalue weighted by molar-refractivity contribution is 5.88. The second-order valence-corrected chi connectivity index (χ2v) is 5.22. The van der Waals surface area contributed by atoms with Gasteiger partial charge in [-0.2, -0.15) is 0 Å². The summed E-state index contributed by atoms with van der Waals surface area (Å²) in [6, 6.07) is 7.29. The molecule has 0 aliphatic rings. The van der Waals surface area contributed by atoms with Crippen LogP contribution in [0.3, 0.4) is 0 Å². The van der Waals surface area contributed by atoms with E-state index in [2.05, 4.69) is 10.4 Å². The number of carbonyl (C=O) groups excluding carboxylic acids is 1. The molecule has 1 heterocycles. The van der Waals surface area contributed by atoms with E-state index in [9.17, 15) is 14.3 Å². The van der Waals surface area contributed by atoms with Crippen molar-refractivity contribution in [2.24, 2.45) is 0 Å². The zero-order valence-corrected chi connectivity index (χ0v) is 12.7. The summed E-state index contributed by atoms with van der Waals surface area (Å²) in [6.07, 6.45) is -0.603. The number of aryl methyl sites for hydroxylation is 1. The molecule has 2 aromatic rings. The lowest BCUT2D eigenvalue weighted by Crippen LogP contribution is -2.36. The molecule has 22 heavy (non-hydrogen) atoms. The lowest BCUT2D eigenvalue weighted by molar-refractivity contribution is 0.149. The van der Waals surface area contributed by atoms with Crippen LogP contribution in [0.2, 0.25) is 0 Å². The zero-order valence-electron chi connectivity index (χ0n) is 12.7. The van der Waals surface area contributed by atoms with Gasteiger partial charge in [-0.25, -0.2) is 13.9 Å². The summed E-state index contributed by atoms with van der Waals surface area (Å²) in [5, 5.41) is 16.2. The van der Waals surface area contributed by atoms with E-state index in [0.717, 1.165) is 5.69 Å². The molecule has 0 spiro atoms. The van der Waals surface area contributed by atoms with E-state index >= 15 is 0 Å². The molecular formula is C15H19FN4O2. The molecule has 0 saturated heterocycles. The summed E-state index contributed by atoms with van der Waals surface area (Å²) in [5.74, 6) is 0.0751. The van der Waals surface area contributed by atoms with E-state index in [4.69, 9.17) is 0 Å². The number of benzene rings is 1. The van der Waals surface area contributed by atoms with Crippen LogP contribution in [-0.4, -0.2) is 45.5 Å². The summed E-state index contributed by atoms with van der Waals surface area (Å²) in [5.41, 5.74) is 1.51. The number of urea groups is 1. The van der Waals surface area contributed by atoms with Gasteiger partial charge >= 0.3 is 6.03 Å². The Morgan fingerprint density at radius 2 is 2.09 bits per heavy atom. The van der Waals surface area contributed by atoms with Gasteiger partial charge in [0.1, 0.15) is 5.82 Å². The van der Waals surface area contributed by atoms with Crippen LogP contribution in [0.4, 0.5) is 15.0 Å². The number of aliphatic hydroxyl groups excluding tert-OH is 1. The first-order chi connectivity index (χ1) is 10.4. The molecule has 118 valence electrons. The first kappa shape index (κ1) is 16.0. The number of aliphatic hydroxyl groups is 1. The molecule has 1 atom stereocenters. The van der Waals surface area contributed by atoms with Gasteiger partial charge in [-0.1, -0.05) is 0 Å². The van der Waals surface area contributed by atoms with Crippen molar-refractivity contribution in [3.8, 4) is 5.69 Å². The van der Waals surface area contributed by atoms with Gasteiger partial charge in [0.05, 0.1) is 11.8 Å². The van der Waals surface area contributed by atoms with E-state index in [1.54, 1.807) is 36.9 Å². The number of nitrogens with zero attached hydrogens (tertiary/aromatic N) is 3. The van der Waals surface area contributed by atoms with Gasteiger partial charge < -0.3 is 10.0 Å². The standard InChI is InChI=1S/C15H19FN4O2/c1-10-8-14(17-15(22)19(3)9-11(2)21)18-20(10)13-6-4-12(16)5-7-13/h4-8,11,21H,9H2,1-3H3,(H,17,18,22). The molecular weight excluding hydrogens is 287 g/mol. The number of halogens is 1. The molecule has 0 aliphatic heterocycles. The van der Waals surface area contributed by atoms with Crippen LogP contribution in [0.1, 0.15) is 12.6 Å². The molecule has 2 amide bonds. The van der Waals surface area contributed by atoms with E-state index in [-0.39, 0.29) is 18.4 Å². The normalized spacial score (nSPS) is 12.0. The van der Waals surface area contributed by atoms with E-state index < -0.39 is 6.10 Å². The number of carbonyl (C=O) groups is 1. The minimum atomic E-state index is -0.603. The number of nitrogens with one attached hydrogen (secondary N) is 1. The van der Waals surface area contributed by atoms with Crippen LogP contribution in [0, 0.1) is 12.7 Å². The van der Waals surface area contributed by atoms with E-state index in [1.165, 1.54) is 17.0 Å². The maximum atomic E-state index is 13.0. The fourth-order valence-corrected chi connectivity index (χ4v) is 2.06. The first-order valence-electron chi connectivity index (χ1n) is 6.89. The number of hydrogen-bond acceptors (Lipinski definition) is 3. The topological polar surface area (TPSA) is 70.4 Å². The van der Waals surface area contributed by atoms with Gasteiger partial charge in [-0.15, -0.1) is 5.10 Å². The second-order valence-electron chi connectivity index (χ2n) is 5.22. The van der Waals surface area contributed by atoms with Gasteiger partial charge in [0.15, 0.2) is 5.82 Å². The molecule has 2 rings (SSSR count). The minimum Gasteiger partial charge on any atom is -0.392 e. The Morgan fingerprint density at radius 1 is 1.45 bits per heavy atom. The maximum absolute atomic E-state index is 13.0. The van der Waals surface area contributed by atoms with Crippen LogP contribution in [-0.2, 0) is 0 Å². The predicted molar refractivity (Wildman–Crippen MR) is 81.6 cm³/mol. The third kappa shape index (κ3) is 3.82. The molecule has 0 fully saturated rings. The molecule has 0 saturated carbocycles. The largest absolute Gasteiger partial charge is 0.392 e. The Morgan fingerprint density at radius 3 is 2.68 bits per heavy atom. The van der Waals surface area contributed by atoms with E-state index in [0.29, 0.717) is 11.5 Å². The van der Waals surface area contributed by atoms with Crippen molar-refractivity contribution >= 4 is 11.8 Å². The van der Waals surface area contributed by atoms with Gasteiger partial charge in [-0.3, -0.25) is 5.32 Å². The Kier molecular flexibility index (Phi) is 4.77. The molecule has 1 aromatic carbocycles. The Hall–Kier alpha value is -2.41. The van der Waals surface area contributed by atoms with Crippen molar-refractivity contribution in [2.45, 2.75) is 20.0 Å². The fourth-order valence-electron chi connectivity index (χ4n) is 2.06.